The summed E-state index contributed by atoms with van der Waals surface area (Å²) in [5.74, 6) is 1.19. The number of sulfonamides is 1. The fourth-order valence-corrected chi connectivity index (χ4v) is 7.70. The van der Waals surface area contributed by atoms with Crippen molar-refractivity contribution in [3.8, 4) is 39.8 Å². The van der Waals surface area contributed by atoms with Gasteiger partial charge in [0.05, 0.1) is 16.2 Å². The topological polar surface area (TPSA) is 168 Å². The number of nitriles is 1. The first-order valence-corrected chi connectivity index (χ1v) is 19.6. The molecule has 6 rings (SSSR count). The van der Waals surface area contributed by atoms with Crippen molar-refractivity contribution < 1.29 is 22.7 Å². The van der Waals surface area contributed by atoms with Crippen LogP contribution >= 0.6 is 11.5 Å². The number of amides is 1. The first kappa shape index (κ1) is 37.4. The smallest absolute Gasteiger partial charge is 0.407 e. The Morgan fingerprint density at radius 3 is 2.53 bits per heavy atom. The van der Waals surface area contributed by atoms with E-state index in [0.717, 1.165) is 60.6 Å². The monoisotopic (exact) mass is 751 g/mol. The lowest BCUT2D eigenvalue weighted by Crippen LogP contribution is -2.31. The molecule has 14 heteroatoms. The lowest BCUT2D eigenvalue weighted by Gasteiger charge is -2.22. The fraction of sp³-hybridized carbons (Fsp3) is 0.308. The van der Waals surface area contributed by atoms with Crippen LogP contribution < -0.4 is 20.1 Å². The largest absolute Gasteiger partial charge is 0.455 e. The first-order chi connectivity index (χ1) is 25.5. The Labute approximate surface area is 313 Å². The lowest BCUT2D eigenvalue weighted by atomic mass is 9.85. The Kier molecular flexibility index (Phi) is 11.7. The molecule has 2 aromatic heterocycles. The zero-order valence-electron chi connectivity index (χ0n) is 29.8. The van der Waals surface area contributed by atoms with Crippen molar-refractivity contribution in [2.75, 3.05) is 24.4 Å². The molecule has 12 nitrogen and oxygen atoms in total. The molecule has 0 saturated carbocycles. The van der Waals surface area contributed by atoms with Gasteiger partial charge in [-0.1, -0.05) is 51.1 Å². The molecule has 5 aromatic rings. The predicted molar refractivity (Wildman–Crippen MR) is 204 cm³/mol. The quantitative estimate of drug-likeness (QED) is 0.115. The molecule has 1 aliphatic heterocycles. The van der Waals surface area contributed by atoms with Crippen LogP contribution in [-0.4, -0.2) is 48.5 Å². The second-order valence-corrected chi connectivity index (χ2v) is 16.2. The Bertz CT molecular complexity index is 2210. The van der Waals surface area contributed by atoms with E-state index in [0.29, 0.717) is 29.5 Å². The molecular weight excluding hydrogens is 711 g/mol. The number of nitrogens with one attached hydrogen (secondary N) is 3. The van der Waals surface area contributed by atoms with Gasteiger partial charge in [-0.3, -0.25) is 9.71 Å². The number of carbonyl (C=O) groups excluding carboxylic acids is 1. The number of nitrogens with zero attached hydrogens (tertiary/aromatic N) is 4. The molecule has 0 atom stereocenters. The molecule has 274 valence electrons. The van der Waals surface area contributed by atoms with Crippen molar-refractivity contribution in [1.82, 2.24) is 25.0 Å². The third-order valence-electron chi connectivity index (χ3n) is 8.99. The van der Waals surface area contributed by atoms with Gasteiger partial charge in [0.15, 0.2) is 0 Å². The highest BCUT2D eigenvalue weighted by Gasteiger charge is 2.21. The van der Waals surface area contributed by atoms with Gasteiger partial charge in [0.2, 0.25) is 5.13 Å². The molecule has 3 heterocycles. The number of ether oxygens (including phenoxy) is 2. The number of alkyl carbamates (subject to hydrolysis) is 1. The summed E-state index contributed by atoms with van der Waals surface area (Å²) in [6, 6.07) is 23.9. The summed E-state index contributed by atoms with van der Waals surface area (Å²) in [7, 11) is -4.03. The van der Waals surface area contributed by atoms with Crippen molar-refractivity contribution in [2.45, 2.75) is 57.0 Å². The van der Waals surface area contributed by atoms with Gasteiger partial charge < -0.3 is 20.1 Å². The molecular formula is C39H41N7O5S2. The zero-order chi connectivity index (χ0) is 37.4. The maximum atomic E-state index is 13.0. The van der Waals surface area contributed by atoms with E-state index in [-0.39, 0.29) is 33.4 Å². The van der Waals surface area contributed by atoms with Crippen LogP contribution in [0.3, 0.4) is 0 Å². The number of aromatic nitrogens is 3. The van der Waals surface area contributed by atoms with Crippen LogP contribution in [0.15, 0.2) is 90.2 Å². The predicted octanol–water partition coefficient (Wildman–Crippen LogP) is 7.65. The number of piperidine rings is 1. The highest BCUT2D eigenvalue weighted by atomic mass is 32.2. The van der Waals surface area contributed by atoms with Crippen LogP contribution in [0.5, 0.6) is 11.5 Å². The number of hydrogen-bond acceptors (Lipinski definition) is 11. The zero-order valence-corrected chi connectivity index (χ0v) is 31.4. The van der Waals surface area contributed by atoms with Gasteiger partial charge in [-0.25, -0.2) is 18.2 Å². The molecule has 0 spiro atoms. The molecule has 1 aliphatic rings. The Morgan fingerprint density at radius 2 is 1.77 bits per heavy atom. The van der Waals surface area contributed by atoms with E-state index in [4.69, 9.17) is 9.47 Å². The number of pyridine rings is 1. The van der Waals surface area contributed by atoms with Crippen LogP contribution in [0.25, 0.3) is 22.3 Å². The first-order valence-electron chi connectivity index (χ1n) is 17.3. The molecule has 0 radical (unpaired) electrons. The molecule has 0 bridgehead atoms. The summed E-state index contributed by atoms with van der Waals surface area (Å²) >= 11 is 0.898. The summed E-state index contributed by atoms with van der Waals surface area (Å²) in [6.07, 6.45) is 5.52. The van der Waals surface area contributed by atoms with Crippen molar-refractivity contribution >= 4 is 32.8 Å². The van der Waals surface area contributed by atoms with Crippen molar-refractivity contribution in [3.63, 3.8) is 0 Å². The van der Waals surface area contributed by atoms with Crippen LogP contribution in [0.1, 0.15) is 56.9 Å². The van der Waals surface area contributed by atoms with Gasteiger partial charge in [-0.2, -0.15) is 9.64 Å². The van der Waals surface area contributed by atoms with Gasteiger partial charge in [0.25, 0.3) is 10.0 Å². The van der Waals surface area contributed by atoms with E-state index in [9.17, 15) is 18.5 Å². The van der Waals surface area contributed by atoms with Gasteiger partial charge in [-0.05, 0) is 108 Å². The minimum atomic E-state index is -4.03. The van der Waals surface area contributed by atoms with E-state index in [1.54, 1.807) is 6.20 Å². The number of anilines is 1. The number of hydrogen-bond donors (Lipinski definition) is 3. The van der Waals surface area contributed by atoms with Crippen LogP contribution in [0, 0.1) is 17.2 Å². The van der Waals surface area contributed by atoms with Crippen LogP contribution in [-0.2, 0) is 26.8 Å². The molecule has 53 heavy (non-hydrogen) atoms. The molecule has 3 N–H and O–H groups in total. The van der Waals surface area contributed by atoms with E-state index >= 15 is 0 Å². The van der Waals surface area contributed by atoms with E-state index in [1.165, 1.54) is 30.1 Å². The van der Waals surface area contributed by atoms with Crippen LogP contribution in [0.4, 0.5) is 9.93 Å². The maximum absolute atomic E-state index is 13.0. The molecule has 3 aromatic carbocycles. The Balaban J connectivity index is 1.27. The minimum absolute atomic E-state index is 0.0213. The molecule has 1 fully saturated rings. The third-order valence-corrected chi connectivity index (χ3v) is 11.0. The maximum Gasteiger partial charge on any atom is 0.407 e. The average molecular weight is 752 g/mol. The average Bonchev–Trinajstić information content (AvgIpc) is 3.67. The summed E-state index contributed by atoms with van der Waals surface area (Å²) in [5.41, 5.74) is 5.07. The van der Waals surface area contributed by atoms with E-state index in [2.05, 4.69) is 68.7 Å². The second-order valence-electron chi connectivity index (χ2n) is 13.8. The summed E-state index contributed by atoms with van der Waals surface area (Å²) in [5, 5.41) is 16.4. The number of rotatable bonds is 12. The Hall–Kier alpha value is -5.36. The molecule has 1 saturated heterocycles. The minimum Gasteiger partial charge on any atom is -0.455 e. The number of benzene rings is 3. The molecule has 1 amide bonds. The second kappa shape index (κ2) is 16.5. The van der Waals surface area contributed by atoms with Gasteiger partial charge in [0.1, 0.15) is 30.5 Å². The molecule has 0 aliphatic carbocycles. The summed E-state index contributed by atoms with van der Waals surface area (Å²) < 4.78 is 44.1. The lowest BCUT2D eigenvalue weighted by molar-refractivity contribution is 0.137. The normalized spacial score (nSPS) is 13.5. The van der Waals surface area contributed by atoms with Crippen molar-refractivity contribution in [2.24, 2.45) is 5.92 Å². The summed E-state index contributed by atoms with van der Waals surface area (Å²) in [6.45, 7) is 9.04. The summed E-state index contributed by atoms with van der Waals surface area (Å²) in [4.78, 5) is 20.7. The van der Waals surface area contributed by atoms with Gasteiger partial charge >= 0.3 is 6.09 Å². The van der Waals surface area contributed by atoms with Gasteiger partial charge in [-0.15, -0.1) is 0 Å². The standard InChI is InChI=1S/C39H41N7O5S2/c1-39(2,3)31-6-4-5-27(19-31)28-7-9-36(51-35-10-8-33(21-30(35)23-40)53(48,49)46-37-44-25-45-52-37)34(22-28)29-14-18-42-32(20-29)24-50-38(47)43-17-13-26-11-15-41-16-12-26/h4-10,14,18-22,25-26,41H,11-13,15-17,24H2,1-3H3,(H,43,47)(H,44,45,46). The van der Waals surface area contributed by atoms with Crippen LogP contribution in [0.2, 0.25) is 0 Å². The van der Waals surface area contributed by atoms with Crippen molar-refractivity contribution in [3.05, 3.63) is 102 Å². The van der Waals surface area contributed by atoms with E-state index in [1.807, 2.05) is 42.5 Å². The molecule has 0 unspecified atom stereocenters. The SMILES string of the molecule is CC(C)(C)c1cccc(-c2ccc(Oc3ccc(S(=O)(=O)Nc4ncns4)cc3C#N)c(-c3ccnc(COC(=O)NCCC4CCNCC4)c3)c2)c1. The van der Waals surface area contributed by atoms with Crippen molar-refractivity contribution in [1.29, 1.82) is 5.26 Å². The van der Waals surface area contributed by atoms with Gasteiger partial charge in [0, 0.05) is 29.8 Å². The third kappa shape index (κ3) is 9.75. The Morgan fingerprint density at radius 1 is 0.981 bits per heavy atom. The highest BCUT2D eigenvalue weighted by Crippen LogP contribution is 2.39. The highest BCUT2D eigenvalue weighted by molar-refractivity contribution is 7.93. The van der Waals surface area contributed by atoms with E-state index < -0.39 is 16.1 Å². The fourth-order valence-electron chi connectivity index (χ4n) is 6.02. The number of carbonyl (C=O) groups is 1.